The topological polar surface area (TPSA) is 51.0 Å². The van der Waals surface area contributed by atoms with Crippen LogP contribution < -0.4 is 5.32 Å². The molecule has 84 valence electrons. The molecule has 2 aromatic rings. The van der Waals surface area contributed by atoms with Crippen LogP contribution in [-0.4, -0.2) is 10.2 Å². The molecule has 0 saturated carbocycles. The van der Waals surface area contributed by atoms with Crippen molar-refractivity contribution in [2.75, 3.05) is 0 Å². The first-order valence-corrected chi connectivity index (χ1v) is 5.28. The second-order valence-electron chi connectivity index (χ2n) is 3.78. The average Bonchev–Trinajstić information content (AvgIpc) is 2.76. The molecule has 0 radical (unpaired) electrons. The molecule has 4 heteroatoms. The van der Waals surface area contributed by atoms with E-state index in [-0.39, 0.29) is 0 Å². The Morgan fingerprint density at radius 2 is 2.12 bits per heavy atom. The van der Waals surface area contributed by atoms with Crippen LogP contribution in [0.4, 0.5) is 0 Å². The summed E-state index contributed by atoms with van der Waals surface area (Å²) in [5.74, 6) is 0.941. The Morgan fingerprint density at radius 3 is 2.88 bits per heavy atom. The predicted molar refractivity (Wildman–Crippen MR) is 60.8 cm³/mol. The lowest BCUT2D eigenvalue weighted by Crippen LogP contribution is -2.14. The zero-order chi connectivity index (χ0) is 11.4. The van der Waals surface area contributed by atoms with Gasteiger partial charge in [-0.2, -0.15) is 10.2 Å². The molecule has 0 amide bonds. The van der Waals surface area contributed by atoms with Crippen LogP contribution in [-0.2, 0) is 13.1 Å². The van der Waals surface area contributed by atoms with Crippen molar-refractivity contribution in [2.45, 2.75) is 26.9 Å². The molecule has 2 rings (SSSR count). The van der Waals surface area contributed by atoms with E-state index in [1.807, 2.05) is 26.0 Å². The molecule has 0 aliphatic heterocycles. The maximum Gasteiger partial charge on any atom is 0.117 e. The van der Waals surface area contributed by atoms with Crippen LogP contribution in [0.25, 0.3) is 0 Å². The quantitative estimate of drug-likeness (QED) is 0.850. The van der Waals surface area contributed by atoms with E-state index in [2.05, 4.69) is 21.6 Å². The third-order valence-corrected chi connectivity index (χ3v) is 2.40. The molecule has 0 aliphatic carbocycles. The summed E-state index contributed by atoms with van der Waals surface area (Å²) < 4.78 is 5.23. The summed E-state index contributed by atoms with van der Waals surface area (Å²) in [6.07, 6.45) is 1.68. The summed E-state index contributed by atoms with van der Waals surface area (Å²) in [6.45, 7) is 5.43. The van der Waals surface area contributed by atoms with Crippen molar-refractivity contribution in [3.63, 3.8) is 0 Å². The van der Waals surface area contributed by atoms with Crippen LogP contribution in [0.15, 0.2) is 28.9 Å². The second kappa shape index (κ2) is 4.90. The monoisotopic (exact) mass is 217 g/mol. The third kappa shape index (κ3) is 2.67. The number of hydrogen-bond acceptors (Lipinski definition) is 4. The van der Waals surface area contributed by atoms with Crippen LogP contribution in [0, 0.1) is 13.8 Å². The van der Waals surface area contributed by atoms with E-state index in [0.29, 0.717) is 0 Å². The Labute approximate surface area is 94.7 Å². The number of rotatable bonds is 4. The molecule has 16 heavy (non-hydrogen) atoms. The van der Waals surface area contributed by atoms with Crippen molar-refractivity contribution in [3.05, 3.63) is 47.2 Å². The number of nitrogens with zero attached hydrogens (tertiary/aromatic N) is 2. The van der Waals surface area contributed by atoms with Crippen LogP contribution >= 0.6 is 0 Å². The van der Waals surface area contributed by atoms with Gasteiger partial charge in [0.2, 0.25) is 0 Å². The van der Waals surface area contributed by atoms with Gasteiger partial charge in [-0.25, -0.2) is 0 Å². The van der Waals surface area contributed by atoms with Crippen LogP contribution in [0.3, 0.4) is 0 Å². The highest BCUT2D eigenvalue weighted by Crippen LogP contribution is 2.05. The maximum atomic E-state index is 5.23. The average molecular weight is 217 g/mol. The summed E-state index contributed by atoms with van der Waals surface area (Å²) >= 11 is 0. The van der Waals surface area contributed by atoms with Gasteiger partial charge in [-0.15, -0.1) is 0 Å². The molecule has 4 nitrogen and oxygen atoms in total. The number of aryl methyl sites for hydroxylation is 2. The Kier molecular flexibility index (Phi) is 3.31. The lowest BCUT2D eigenvalue weighted by molar-refractivity contribution is 0.482. The standard InChI is InChI=1S/C12H15N3O/c1-9-6-11(10(2)15-14-9)7-13-8-12-4-3-5-16-12/h3-6,13H,7-8H2,1-2H3. The first-order chi connectivity index (χ1) is 7.75. The second-order valence-corrected chi connectivity index (χ2v) is 3.78. The van der Waals surface area contributed by atoms with Crippen LogP contribution in [0.5, 0.6) is 0 Å². The largest absolute Gasteiger partial charge is 0.468 e. The molecule has 0 aromatic carbocycles. The fourth-order valence-corrected chi connectivity index (χ4v) is 1.52. The molecule has 0 atom stereocenters. The molecule has 2 aromatic heterocycles. The van der Waals surface area contributed by atoms with E-state index in [4.69, 9.17) is 4.42 Å². The lowest BCUT2D eigenvalue weighted by Gasteiger charge is -2.06. The predicted octanol–water partition coefficient (Wildman–Crippen LogP) is 1.98. The zero-order valence-electron chi connectivity index (χ0n) is 9.53. The number of aromatic nitrogens is 2. The lowest BCUT2D eigenvalue weighted by atomic mass is 10.2. The van der Waals surface area contributed by atoms with Crippen LogP contribution in [0.2, 0.25) is 0 Å². The molecule has 0 unspecified atom stereocenters. The van der Waals surface area contributed by atoms with Gasteiger partial charge in [-0.3, -0.25) is 0 Å². The van der Waals surface area contributed by atoms with Gasteiger partial charge in [-0.1, -0.05) is 0 Å². The van der Waals surface area contributed by atoms with Crippen molar-refractivity contribution >= 4 is 0 Å². The first kappa shape index (κ1) is 10.8. The Morgan fingerprint density at radius 1 is 1.25 bits per heavy atom. The van der Waals surface area contributed by atoms with Crippen molar-refractivity contribution in [1.82, 2.24) is 15.5 Å². The molecule has 0 spiro atoms. The normalized spacial score (nSPS) is 10.6. The molecule has 0 fully saturated rings. The van der Waals surface area contributed by atoms with Gasteiger partial charge in [-0.05, 0) is 37.6 Å². The van der Waals surface area contributed by atoms with Gasteiger partial charge in [0.05, 0.1) is 24.2 Å². The third-order valence-electron chi connectivity index (χ3n) is 2.40. The molecule has 0 aliphatic rings. The minimum Gasteiger partial charge on any atom is -0.468 e. The van der Waals surface area contributed by atoms with Crippen molar-refractivity contribution in [2.24, 2.45) is 0 Å². The van der Waals surface area contributed by atoms with Gasteiger partial charge in [0, 0.05) is 6.54 Å². The van der Waals surface area contributed by atoms with E-state index in [9.17, 15) is 0 Å². The Bertz CT molecular complexity index is 451. The highest BCUT2D eigenvalue weighted by atomic mass is 16.3. The van der Waals surface area contributed by atoms with Gasteiger partial charge in [0.15, 0.2) is 0 Å². The number of nitrogens with one attached hydrogen (secondary N) is 1. The Hall–Kier alpha value is -1.68. The van der Waals surface area contributed by atoms with E-state index in [1.165, 1.54) is 5.56 Å². The van der Waals surface area contributed by atoms with Crippen molar-refractivity contribution < 1.29 is 4.42 Å². The highest BCUT2D eigenvalue weighted by Gasteiger charge is 2.01. The highest BCUT2D eigenvalue weighted by molar-refractivity contribution is 5.19. The van der Waals surface area contributed by atoms with E-state index in [1.54, 1.807) is 6.26 Å². The van der Waals surface area contributed by atoms with Crippen LogP contribution in [0.1, 0.15) is 22.7 Å². The Balaban J connectivity index is 1.92. The smallest absolute Gasteiger partial charge is 0.117 e. The molecule has 1 N–H and O–H groups in total. The molecular formula is C12H15N3O. The summed E-state index contributed by atoms with van der Waals surface area (Å²) in [6, 6.07) is 5.90. The van der Waals surface area contributed by atoms with Gasteiger partial charge in [0.25, 0.3) is 0 Å². The maximum absolute atomic E-state index is 5.23. The molecule has 0 bridgehead atoms. The first-order valence-electron chi connectivity index (χ1n) is 5.28. The van der Waals surface area contributed by atoms with Crippen molar-refractivity contribution in [3.8, 4) is 0 Å². The van der Waals surface area contributed by atoms with E-state index < -0.39 is 0 Å². The van der Waals surface area contributed by atoms with Gasteiger partial charge in [0.1, 0.15) is 5.76 Å². The van der Waals surface area contributed by atoms with Gasteiger partial charge < -0.3 is 9.73 Å². The summed E-state index contributed by atoms with van der Waals surface area (Å²) in [4.78, 5) is 0. The van der Waals surface area contributed by atoms with Crippen molar-refractivity contribution in [1.29, 1.82) is 0 Å². The summed E-state index contributed by atoms with van der Waals surface area (Å²) in [5.41, 5.74) is 3.09. The number of furan rings is 1. The summed E-state index contributed by atoms with van der Waals surface area (Å²) in [7, 11) is 0. The SMILES string of the molecule is Cc1cc(CNCc2ccco2)c(C)nn1. The molecule has 0 saturated heterocycles. The van der Waals surface area contributed by atoms with E-state index in [0.717, 1.165) is 30.2 Å². The molecular weight excluding hydrogens is 202 g/mol. The number of hydrogen-bond donors (Lipinski definition) is 1. The van der Waals surface area contributed by atoms with Gasteiger partial charge >= 0.3 is 0 Å². The minimum absolute atomic E-state index is 0.730. The fraction of sp³-hybridized carbons (Fsp3) is 0.333. The zero-order valence-corrected chi connectivity index (χ0v) is 9.53. The van der Waals surface area contributed by atoms with E-state index >= 15 is 0 Å². The fourth-order valence-electron chi connectivity index (χ4n) is 1.52. The minimum atomic E-state index is 0.730. The summed E-state index contributed by atoms with van der Waals surface area (Å²) in [5, 5.41) is 11.4. The molecule has 2 heterocycles.